The second-order valence-electron chi connectivity index (χ2n) is 4.61. The summed E-state index contributed by atoms with van der Waals surface area (Å²) in [7, 11) is -3.46. The molecule has 2 N–H and O–H groups in total. The van der Waals surface area contributed by atoms with Gasteiger partial charge in [0, 0.05) is 0 Å². The largest absolute Gasteiger partial charge is 0.398 e. The molecular weight excluding hydrogens is 241 g/mol. The number of benzene rings is 1. The van der Waals surface area contributed by atoms with Crippen LogP contribution < -0.4 is 5.73 Å². The third-order valence-electron chi connectivity index (χ3n) is 3.24. The second kappa shape index (κ2) is 4.64. The van der Waals surface area contributed by atoms with Crippen LogP contribution in [-0.4, -0.2) is 14.2 Å². The minimum absolute atomic E-state index is 0.0654. The molecule has 1 aromatic carbocycles. The average Bonchev–Trinajstić information content (AvgIpc) is 2.73. The number of nitrogen functional groups attached to an aromatic ring is 1. The molecule has 1 fully saturated rings. The van der Waals surface area contributed by atoms with Crippen molar-refractivity contribution >= 4 is 15.5 Å². The van der Waals surface area contributed by atoms with Gasteiger partial charge in [0.1, 0.15) is 5.82 Å². The van der Waals surface area contributed by atoms with Gasteiger partial charge >= 0.3 is 0 Å². The van der Waals surface area contributed by atoms with E-state index >= 15 is 0 Å². The normalized spacial score (nSPS) is 17.5. The van der Waals surface area contributed by atoms with Crippen LogP contribution in [0.15, 0.2) is 23.1 Å². The summed E-state index contributed by atoms with van der Waals surface area (Å²) in [5, 5.41) is 0. The third-order valence-corrected chi connectivity index (χ3v) is 5.17. The lowest BCUT2D eigenvalue weighted by Gasteiger charge is -2.11. The Hall–Kier alpha value is -1.10. The quantitative estimate of drug-likeness (QED) is 0.846. The van der Waals surface area contributed by atoms with E-state index in [1.54, 1.807) is 0 Å². The Morgan fingerprint density at radius 2 is 1.94 bits per heavy atom. The van der Waals surface area contributed by atoms with E-state index in [0.717, 1.165) is 31.7 Å². The monoisotopic (exact) mass is 257 g/mol. The van der Waals surface area contributed by atoms with E-state index in [-0.39, 0.29) is 22.3 Å². The molecule has 0 saturated heterocycles. The van der Waals surface area contributed by atoms with Gasteiger partial charge in [-0.2, -0.15) is 0 Å². The first-order valence-corrected chi connectivity index (χ1v) is 7.42. The lowest BCUT2D eigenvalue weighted by molar-refractivity contribution is 0.557. The number of sulfone groups is 1. The van der Waals surface area contributed by atoms with Crippen molar-refractivity contribution in [3.05, 3.63) is 24.0 Å². The smallest absolute Gasteiger partial charge is 0.180 e. The predicted octanol–water partition coefficient (Wildman–Crippen LogP) is 2.37. The molecular formula is C12H16FNO2S. The summed E-state index contributed by atoms with van der Waals surface area (Å²) in [5.41, 5.74) is 5.73. The molecule has 1 aromatic rings. The molecule has 0 bridgehead atoms. The molecule has 0 aliphatic heterocycles. The van der Waals surface area contributed by atoms with Crippen LogP contribution in [0.25, 0.3) is 0 Å². The van der Waals surface area contributed by atoms with E-state index in [1.165, 1.54) is 12.1 Å². The Labute approximate surface area is 101 Å². The molecule has 0 amide bonds. The summed E-state index contributed by atoms with van der Waals surface area (Å²) in [6.45, 7) is 0. The minimum Gasteiger partial charge on any atom is -0.398 e. The van der Waals surface area contributed by atoms with Gasteiger partial charge < -0.3 is 5.73 Å². The molecule has 1 aliphatic rings. The lowest BCUT2D eigenvalue weighted by Crippen LogP contribution is -2.15. The SMILES string of the molecule is Nc1ccc(F)cc1S(=O)(=O)CC1CCCC1. The molecule has 1 saturated carbocycles. The van der Waals surface area contributed by atoms with E-state index in [9.17, 15) is 12.8 Å². The zero-order valence-electron chi connectivity index (χ0n) is 9.52. The first kappa shape index (κ1) is 12.4. The highest BCUT2D eigenvalue weighted by Gasteiger charge is 2.25. The number of hydrogen-bond acceptors (Lipinski definition) is 3. The highest BCUT2D eigenvalue weighted by molar-refractivity contribution is 7.91. The fourth-order valence-corrected chi connectivity index (χ4v) is 4.21. The predicted molar refractivity (Wildman–Crippen MR) is 64.8 cm³/mol. The third kappa shape index (κ3) is 2.77. The van der Waals surface area contributed by atoms with Gasteiger partial charge in [-0.15, -0.1) is 0 Å². The van der Waals surface area contributed by atoms with Gasteiger partial charge in [-0.1, -0.05) is 12.8 Å². The molecule has 0 heterocycles. The molecule has 2 rings (SSSR count). The standard InChI is InChI=1S/C12H16FNO2S/c13-10-5-6-11(14)12(7-10)17(15,16)8-9-3-1-2-4-9/h5-7,9H,1-4,8,14H2. The number of halogens is 1. The summed E-state index contributed by atoms with van der Waals surface area (Å²) in [4.78, 5) is -0.0654. The van der Waals surface area contributed by atoms with Crippen LogP contribution in [0.1, 0.15) is 25.7 Å². The molecule has 3 nitrogen and oxygen atoms in total. The van der Waals surface area contributed by atoms with E-state index in [2.05, 4.69) is 0 Å². The Morgan fingerprint density at radius 1 is 1.29 bits per heavy atom. The fourth-order valence-electron chi connectivity index (χ4n) is 2.35. The van der Waals surface area contributed by atoms with Crippen molar-refractivity contribution in [1.29, 1.82) is 0 Å². The van der Waals surface area contributed by atoms with Crippen molar-refractivity contribution in [2.45, 2.75) is 30.6 Å². The Morgan fingerprint density at radius 3 is 2.59 bits per heavy atom. The van der Waals surface area contributed by atoms with E-state index < -0.39 is 15.7 Å². The zero-order valence-corrected chi connectivity index (χ0v) is 10.3. The summed E-state index contributed by atoms with van der Waals surface area (Å²) >= 11 is 0. The van der Waals surface area contributed by atoms with Gasteiger partial charge in [0.15, 0.2) is 9.84 Å². The summed E-state index contributed by atoms with van der Waals surface area (Å²) in [6.07, 6.45) is 4.04. The number of nitrogens with two attached hydrogens (primary N) is 1. The van der Waals surface area contributed by atoms with Crippen molar-refractivity contribution in [3.63, 3.8) is 0 Å². The van der Waals surface area contributed by atoms with Crippen molar-refractivity contribution in [2.24, 2.45) is 5.92 Å². The van der Waals surface area contributed by atoms with Gasteiger partial charge in [-0.05, 0) is 37.0 Å². The van der Waals surface area contributed by atoms with Crippen LogP contribution in [0.2, 0.25) is 0 Å². The van der Waals surface area contributed by atoms with Gasteiger partial charge in [0.2, 0.25) is 0 Å². The van der Waals surface area contributed by atoms with Crippen molar-refractivity contribution in [1.82, 2.24) is 0 Å². The molecule has 0 atom stereocenters. The molecule has 17 heavy (non-hydrogen) atoms. The number of anilines is 1. The molecule has 0 spiro atoms. The molecule has 0 aromatic heterocycles. The maximum atomic E-state index is 13.1. The maximum Gasteiger partial charge on any atom is 0.180 e. The molecule has 0 unspecified atom stereocenters. The Bertz CT molecular complexity index is 507. The first-order chi connectivity index (χ1) is 7.99. The molecule has 94 valence electrons. The summed E-state index contributed by atoms with van der Waals surface area (Å²) in [5.74, 6) is -0.285. The van der Waals surface area contributed by atoms with Gasteiger partial charge in [0.25, 0.3) is 0 Å². The van der Waals surface area contributed by atoms with Crippen LogP contribution in [0.5, 0.6) is 0 Å². The van der Waals surface area contributed by atoms with Crippen LogP contribution >= 0.6 is 0 Å². The number of rotatable bonds is 3. The van der Waals surface area contributed by atoms with Crippen molar-refractivity contribution in [3.8, 4) is 0 Å². The van der Waals surface area contributed by atoms with Crippen LogP contribution in [0, 0.1) is 11.7 Å². The molecule has 1 aliphatic carbocycles. The van der Waals surface area contributed by atoms with E-state index in [1.807, 2.05) is 0 Å². The van der Waals surface area contributed by atoms with Crippen LogP contribution in [-0.2, 0) is 9.84 Å². The fraction of sp³-hybridized carbons (Fsp3) is 0.500. The van der Waals surface area contributed by atoms with Crippen LogP contribution in [0.4, 0.5) is 10.1 Å². The van der Waals surface area contributed by atoms with Gasteiger partial charge in [0.05, 0.1) is 16.3 Å². The zero-order chi connectivity index (χ0) is 12.5. The Kier molecular flexibility index (Phi) is 3.38. The van der Waals surface area contributed by atoms with Gasteiger partial charge in [-0.25, -0.2) is 12.8 Å². The topological polar surface area (TPSA) is 60.2 Å². The molecule has 0 radical (unpaired) electrons. The second-order valence-corrected chi connectivity index (χ2v) is 6.62. The highest BCUT2D eigenvalue weighted by Crippen LogP contribution is 2.29. The van der Waals surface area contributed by atoms with Crippen molar-refractivity contribution in [2.75, 3.05) is 11.5 Å². The molecule has 5 heteroatoms. The number of hydrogen-bond donors (Lipinski definition) is 1. The van der Waals surface area contributed by atoms with Crippen LogP contribution in [0.3, 0.4) is 0 Å². The maximum absolute atomic E-state index is 13.1. The minimum atomic E-state index is -3.46. The highest BCUT2D eigenvalue weighted by atomic mass is 32.2. The van der Waals surface area contributed by atoms with Crippen molar-refractivity contribution < 1.29 is 12.8 Å². The average molecular weight is 257 g/mol. The Balaban J connectivity index is 2.27. The lowest BCUT2D eigenvalue weighted by atomic mass is 10.1. The summed E-state index contributed by atoms with van der Waals surface area (Å²) in [6, 6.07) is 3.49. The van der Waals surface area contributed by atoms with E-state index in [0.29, 0.717) is 0 Å². The first-order valence-electron chi connectivity index (χ1n) is 5.77. The van der Waals surface area contributed by atoms with E-state index in [4.69, 9.17) is 5.73 Å². The van der Waals surface area contributed by atoms with Gasteiger partial charge in [-0.3, -0.25) is 0 Å². The summed E-state index contributed by atoms with van der Waals surface area (Å²) < 4.78 is 37.3.